The van der Waals surface area contributed by atoms with Crippen LogP contribution < -0.4 is 5.32 Å². The van der Waals surface area contributed by atoms with Gasteiger partial charge in [0.05, 0.1) is 0 Å². The molecule has 0 saturated carbocycles. The Kier molecular flexibility index (Phi) is 5.41. The fourth-order valence-corrected chi connectivity index (χ4v) is 2.54. The number of rotatable bonds is 5. The van der Waals surface area contributed by atoms with E-state index in [4.69, 9.17) is 5.11 Å². The van der Waals surface area contributed by atoms with Gasteiger partial charge in [-0.05, 0) is 43.5 Å². The molecule has 0 aliphatic heterocycles. The molecule has 0 bridgehead atoms. The number of carbonyl (C=O) groups is 1. The average Bonchev–Trinajstić information content (AvgIpc) is 2.26. The van der Waals surface area contributed by atoms with Gasteiger partial charge in [0.1, 0.15) is 0 Å². The van der Waals surface area contributed by atoms with Crippen LogP contribution in [-0.2, 0) is 4.79 Å². The zero-order valence-corrected chi connectivity index (χ0v) is 12.5. The monoisotopic (exact) mass is 311 g/mol. The summed E-state index contributed by atoms with van der Waals surface area (Å²) in [6.45, 7) is 6.43. The van der Waals surface area contributed by atoms with Crippen LogP contribution in [0.4, 0.5) is 5.69 Å². The number of hydrogen-bond donors (Lipinski definition) is 2. The molecule has 1 rings (SSSR count). The molecule has 0 aliphatic carbocycles. The van der Waals surface area contributed by atoms with Crippen LogP contribution in [0.25, 0.3) is 0 Å². The fraction of sp³-hybridized carbons (Fsp3) is 0.357. The van der Waals surface area contributed by atoms with E-state index in [0.717, 1.165) is 21.3 Å². The van der Waals surface area contributed by atoms with Crippen LogP contribution >= 0.6 is 15.9 Å². The van der Waals surface area contributed by atoms with Crippen LogP contribution in [0.1, 0.15) is 24.5 Å². The Bertz CT molecular complexity index is 458. The lowest BCUT2D eigenvalue weighted by Gasteiger charge is -2.12. The van der Waals surface area contributed by atoms with Gasteiger partial charge in [0.15, 0.2) is 0 Å². The first-order valence-corrected chi connectivity index (χ1v) is 6.68. The van der Waals surface area contributed by atoms with Gasteiger partial charge in [0.25, 0.3) is 0 Å². The van der Waals surface area contributed by atoms with E-state index in [9.17, 15) is 4.79 Å². The van der Waals surface area contributed by atoms with E-state index in [1.165, 1.54) is 0 Å². The van der Waals surface area contributed by atoms with E-state index in [0.29, 0.717) is 18.5 Å². The lowest BCUT2D eigenvalue weighted by Crippen LogP contribution is -2.06. The topological polar surface area (TPSA) is 49.3 Å². The SMILES string of the molecule is CCC(=CCNc1c(C)cc(Br)cc1C)C(=O)O. The molecule has 0 spiro atoms. The smallest absolute Gasteiger partial charge is 0.331 e. The predicted molar refractivity (Wildman–Crippen MR) is 78.1 cm³/mol. The van der Waals surface area contributed by atoms with E-state index in [1.54, 1.807) is 6.08 Å². The van der Waals surface area contributed by atoms with Crippen LogP contribution in [0.15, 0.2) is 28.3 Å². The molecule has 0 unspecified atom stereocenters. The zero-order chi connectivity index (χ0) is 13.7. The molecule has 0 aromatic heterocycles. The van der Waals surface area contributed by atoms with Crippen molar-refractivity contribution in [2.45, 2.75) is 27.2 Å². The maximum absolute atomic E-state index is 10.8. The van der Waals surface area contributed by atoms with Gasteiger partial charge in [-0.1, -0.05) is 28.9 Å². The van der Waals surface area contributed by atoms with Crippen molar-refractivity contribution < 1.29 is 9.90 Å². The van der Waals surface area contributed by atoms with E-state index in [1.807, 2.05) is 32.9 Å². The van der Waals surface area contributed by atoms with Crippen LogP contribution in [-0.4, -0.2) is 17.6 Å². The number of hydrogen-bond acceptors (Lipinski definition) is 2. The van der Waals surface area contributed by atoms with Gasteiger partial charge in [0.2, 0.25) is 0 Å². The highest BCUT2D eigenvalue weighted by molar-refractivity contribution is 9.10. The van der Waals surface area contributed by atoms with Gasteiger partial charge in [-0.15, -0.1) is 0 Å². The average molecular weight is 312 g/mol. The highest BCUT2D eigenvalue weighted by Crippen LogP contribution is 2.24. The number of aryl methyl sites for hydroxylation is 2. The molecule has 2 N–H and O–H groups in total. The van der Waals surface area contributed by atoms with Gasteiger partial charge in [-0.25, -0.2) is 4.79 Å². The number of aliphatic carboxylic acids is 1. The molecular formula is C14H18BrNO2. The fourth-order valence-electron chi connectivity index (χ4n) is 1.85. The number of carboxylic acid groups (broad SMARTS) is 1. The third-order valence-corrected chi connectivity index (χ3v) is 3.24. The molecule has 4 heteroatoms. The molecule has 0 fully saturated rings. The summed E-state index contributed by atoms with van der Waals surface area (Å²) in [7, 11) is 0. The van der Waals surface area contributed by atoms with Crippen molar-refractivity contribution in [2.75, 3.05) is 11.9 Å². The molecular weight excluding hydrogens is 294 g/mol. The Morgan fingerprint density at radius 2 is 1.94 bits per heavy atom. The van der Waals surface area contributed by atoms with Crippen LogP contribution in [0.5, 0.6) is 0 Å². The molecule has 0 atom stereocenters. The summed E-state index contributed by atoms with van der Waals surface area (Å²) in [5, 5.41) is 12.2. The second kappa shape index (κ2) is 6.59. The highest BCUT2D eigenvalue weighted by atomic mass is 79.9. The first-order chi connectivity index (χ1) is 8.45. The summed E-state index contributed by atoms with van der Waals surface area (Å²) in [6, 6.07) is 4.08. The normalized spacial score (nSPS) is 11.4. The van der Waals surface area contributed by atoms with Crippen molar-refractivity contribution in [1.82, 2.24) is 0 Å². The molecule has 1 aromatic carbocycles. The number of benzene rings is 1. The van der Waals surface area contributed by atoms with Crippen molar-refractivity contribution in [2.24, 2.45) is 0 Å². The quantitative estimate of drug-likeness (QED) is 0.811. The van der Waals surface area contributed by atoms with E-state index in [-0.39, 0.29) is 0 Å². The van der Waals surface area contributed by atoms with E-state index >= 15 is 0 Å². The van der Waals surface area contributed by atoms with Gasteiger partial charge in [-0.2, -0.15) is 0 Å². The number of halogens is 1. The van der Waals surface area contributed by atoms with Crippen molar-refractivity contribution in [3.05, 3.63) is 39.4 Å². The number of nitrogens with one attached hydrogen (secondary N) is 1. The van der Waals surface area contributed by atoms with E-state index < -0.39 is 5.97 Å². The number of carboxylic acids is 1. The van der Waals surface area contributed by atoms with Gasteiger partial charge in [0, 0.05) is 22.3 Å². The molecule has 0 radical (unpaired) electrons. The van der Waals surface area contributed by atoms with Crippen LogP contribution in [0.2, 0.25) is 0 Å². The Labute approximate surface area is 116 Å². The van der Waals surface area contributed by atoms with Crippen molar-refractivity contribution in [3.63, 3.8) is 0 Å². The molecule has 0 saturated heterocycles. The molecule has 98 valence electrons. The maximum atomic E-state index is 10.8. The molecule has 3 nitrogen and oxygen atoms in total. The first-order valence-electron chi connectivity index (χ1n) is 5.88. The molecule has 18 heavy (non-hydrogen) atoms. The first kappa shape index (κ1) is 14.8. The van der Waals surface area contributed by atoms with Gasteiger partial charge in [-0.3, -0.25) is 0 Å². The summed E-state index contributed by atoms with van der Waals surface area (Å²) in [5.41, 5.74) is 3.79. The lowest BCUT2D eigenvalue weighted by molar-refractivity contribution is -0.132. The van der Waals surface area contributed by atoms with Crippen molar-refractivity contribution in [1.29, 1.82) is 0 Å². The van der Waals surface area contributed by atoms with E-state index in [2.05, 4.69) is 21.2 Å². The van der Waals surface area contributed by atoms with Crippen LogP contribution in [0, 0.1) is 13.8 Å². The highest BCUT2D eigenvalue weighted by Gasteiger charge is 2.05. The minimum atomic E-state index is -0.844. The van der Waals surface area contributed by atoms with Crippen molar-refractivity contribution in [3.8, 4) is 0 Å². The molecule has 0 amide bonds. The Hall–Kier alpha value is -1.29. The summed E-state index contributed by atoms with van der Waals surface area (Å²) >= 11 is 3.45. The molecule has 0 heterocycles. The van der Waals surface area contributed by atoms with Gasteiger partial charge >= 0.3 is 5.97 Å². The van der Waals surface area contributed by atoms with Crippen LogP contribution in [0.3, 0.4) is 0 Å². The molecule has 1 aromatic rings. The largest absolute Gasteiger partial charge is 0.478 e. The third kappa shape index (κ3) is 3.88. The lowest BCUT2D eigenvalue weighted by atomic mass is 10.1. The minimum Gasteiger partial charge on any atom is -0.478 e. The summed E-state index contributed by atoms with van der Waals surface area (Å²) < 4.78 is 1.05. The predicted octanol–water partition coefficient (Wildman–Crippen LogP) is 3.90. The Balaban J connectivity index is 2.78. The minimum absolute atomic E-state index is 0.440. The standard InChI is InChI=1S/C14H18BrNO2/c1-4-11(14(17)18)5-6-16-13-9(2)7-12(15)8-10(13)3/h5,7-8,16H,4,6H2,1-3H3,(H,17,18). The maximum Gasteiger partial charge on any atom is 0.331 e. The Morgan fingerprint density at radius 1 is 1.39 bits per heavy atom. The Morgan fingerprint density at radius 3 is 2.39 bits per heavy atom. The zero-order valence-electron chi connectivity index (χ0n) is 10.9. The summed E-state index contributed by atoms with van der Waals surface area (Å²) in [6.07, 6.45) is 2.26. The summed E-state index contributed by atoms with van der Waals surface area (Å²) in [5.74, 6) is -0.844. The second-order valence-corrected chi connectivity index (χ2v) is 5.10. The second-order valence-electron chi connectivity index (χ2n) is 4.18. The molecule has 0 aliphatic rings. The third-order valence-electron chi connectivity index (χ3n) is 2.78. The number of anilines is 1. The van der Waals surface area contributed by atoms with Gasteiger partial charge < -0.3 is 10.4 Å². The van der Waals surface area contributed by atoms with Crippen molar-refractivity contribution >= 4 is 27.6 Å². The summed E-state index contributed by atoms with van der Waals surface area (Å²) in [4.78, 5) is 10.8.